The van der Waals surface area contributed by atoms with E-state index in [1.165, 1.54) is 16.9 Å². The normalized spacial score (nSPS) is 14.6. The van der Waals surface area contributed by atoms with Crippen LogP contribution in [0, 0.1) is 6.92 Å². The molecule has 19 heavy (non-hydrogen) atoms. The smallest absolute Gasteiger partial charge is 0.308 e. The quantitative estimate of drug-likeness (QED) is 0.925. The number of carboxylic acid groups (broad SMARTS) is 1. The van der Waals surface area contributed by atoms with Crippen LogP contribution < -0.4 is 0 Å². The molecule has 1 aliphatic carbocycles. The van der Waals surface area contributed by atoms with Crippen molar-refractivity contribution in [2.24, 2.45) is 0 Å². The van der Waals surface area contributed by atoms with E-state index in [-0.39, 0.29) is 6.42 Å². The van der Waals surface area contributed by atoms with Gasteiger partial charge in [0.15, 0.2) is 0 Å². The third-order valence-electron chi connectivity index (χ3n) is 3.27. The van der Waals surface area contributed by atoms with Crippen molar-refractivity contribution in [3.63, 3.8) is 0 Å². The second-order valence-corrected chi connectivity index (χ2v) is 6.13. The maximum atomic E-state index is 10.9. The van der Waals surface area contributed by atoms with Gasteiger partial charge in [-0.15, -0.1) is 11.3 Å². The molecule has 0 spiro atoms. The molecule has 2 aromatic rings. The van der Waals surface area contributed by atoms with Gasteiger partial charge in [-0.25, -0.2) is 4.98 Å². The molecule has 1 aromatic carbocycles. The van der Waals surface area contributed by atoms with Gasteiger partial charge in [0.1, 0.15) is 5.01 Å². The minimum atomic E-state index is -0.777. The molecule has 98 valence electrons. The fourth-order valence-corrected chi connectivity index (χ4v) is 3.34. The maximum Gasteiger partial charge on any atom is 0.308 e. The van der Waals surface area contributed by atoms with Gasteiger partial charge in [0, 0.05) is 16.4 Å². The molecule has 0 bridgehead atoms. The standard InChI is InChI=1S/C15H15NO2S/c1-9-3-2-4-11(7-9)15-16-14(10-5-6-10)12(19-15)8-13(17)18/h2-4,7,10H,5-6,8H2,1H3,(H,17,18). The third-order valence-corrected chi connectivity index (χ3v) is 4.39. The number of carboxylic acids is 1. The van der Waals surface area contributed by atoms with Crippen LogP contribution in [-0.4, -0.2) is 16.1 Å². The molecule has 0 amide bonds. The minimum Gasteiger partial charge on any atom is -0.481 e. The Balaban J connectivity index is 2.00. The SMILES string of the molecule is Cc1cccc(-c2nc(C3CC3)c(CC(=O)O)s2)c1. The zero-order valence-electron chi connectivity index (χ0n) is 10.7. The van der Waals surface area contributed by atoms with Crippen LogP contribution >= 0.6 is 11.3 Å². The van der Waals surface area contributed by atoms with Crippen LogP contribution in [0.1, 0.15) is 34.9 Å². The van der Waals surface area contributed by atoms with Crippen molar-refractivity contribution in [3.8, 4) is 10.6 Å². The number of hydrogen-bond donors (Lipinski definition) is 1. The Kier molecular flexibility index (Phi) is 3.11. The van der Waals surface area contributed by atoms with Crippen LogP contribution in [0.4, 0.5) is 0 Å². The van der Waals surface area contributed by atoms with Gasteiger partial charge in [-0.2, -0.15) is 0 Å². The van der Waals surface area contributed by atoms with E-state index in [0.717, 1.165) is 34.0 Å². The Morgan fingerprint density at radius 2 is 2.26 bits per heavy atom. The fraction of sp³-hybridized carbons (Fsp3) is 0.333. The topological polar surface area (TPSA) is 50.2 Å². The highest BCUT2D eigenvalue weighted by Gasteiger charge is 2.30. The molecule has 1 aromatic heterocycles. The van der Waals surface area contributed by atoms with E-state index in [9.17, 15) is 4.79 Å². The molecular formula is C15H15NO2S. The number of carbonyl (C=O) groups is 1. The van der Waals surface area contributed by atoms with Gasteiger partial charge >= 0.3 is 5.97 Å². The minimum absolute atomic E-state index is 0.0926. The van der Waals surface area contributed by atoms with Gasteiger partial charge in [-0.3, -0.25) is 4.79 Å². The number of nitrogens with zero attached hydrogens (tertiary/aromatic N) is 1. The number of aryl methyl sites for hydroxylation is 1. The zero-order valence-corrected chi connectivity index (χ0v) is 11.5. The van der Waals surface area contributed by atoms with E-state index in [2.05, 4.69) is 19.1 Å². The van der Waals surface area contributed by atoms with E-state index >= 15 is 0 Å². The van der Waals surface area contributed by atoms with Gasteiger partial charge in [0.25, 0.3) is 0 Å². The van der Waals surface area contributed by atoms with Crippen molar-refractivity contribution < 1.29 is 9.90 Å². The lowest BCUT2D eigenvalue weighted by molar-refractivity contribution is -0.136. The Morgan fingerprint density at radius 1 is 1.47 bits per heavy atom. The van der Waals surface area contributed by atoms with Crippen molar-refractivity contribution in [1.29, 1.82) is 0 Å². The summed E-state index contributed by atoms with van der Waals surface area (Å²) in [4.78, 5) is 16.6. The summed E-state index contributed by atoms with van der Waals surface area (Å²) in [6.45, 7) is 2.05. The van der Waals surface area contributed by atoms with Gasteiger partial charge in [0.05, 0.1) is 12.1 Å². The lowest BCUT2D eigenvalue weighted by atomic mass is 10.1. The molecule has 0 aliphatic heterocycles. The van der Waals surface area contributed by atoms with Crippen LogP contribution in [0.5, 0.6) is 0 Å². The Labute approximate surface area is 115 Å². The van der Waals surface area contributed by atoms with Crippen molar-refractivity contribution in [3.05, 3.63) is 40.4 Å². The summed E-state index contributed by atoms with van der Waals surface area (Å²) >= 11 is 1.53. The molecule has 3 nitrogen and oxygen atoms in total. The molecular weight excluding hydrogens is 258 g/mol. The lowest BCUT2D eigenvalue weighted by Gasteiger charge is -1.97. The van der Waals surface area contributed by atoms with Gasteiger partial charge < -0.3 is 5.11 Å². The molecule has 0 atom stereocenters. The number of aliphatic carboxylic acids is 1. The van der Waals surface area contributed by atoms with Gasteiger partial charge in [-0.05, 0) is 25.8 Å². The zero-order chi connectivity index (χ0) is 13.4. The lowest BCUT2D eigenvalue weighted by Crippen LogP contribution is -2.00. The fourth-order valence-electron chi connectivity index (χ4n) is 2.20. The summed E-state index contributed by atoms with van der Waals surface area (Å²) in [7, 11) is 0. The van der Waals surface area contributed by atoms with Crippen LogP contribution in [0.15, 0.2) is 24.3 Å². The molecule has 1 fully saturated rings. The van der Waals surface area contributed by atoms with E-state index in [4.69, 9.17) is 10.1 Å². The second-order valence-electron chi connectivity index (χ2n) is 5.04. The largest absolute Gasteiger partial charge is 0.481 e. The van der Waals surface area contributed by atoms with Crippen LogP contribution in [0.3, 0.4) is 0 Å². The summed E-state index contributed by atoms with van der Waals surface area (Å²) in [5.74, 6) is -0.287. The molecule has 1 aliphatic rings. The van der Waals surface area contributed by atoms with E-state index in [0.29, 0.717) is 5.92 Å². The summed E-state index contributed by atoms with van der Waals surface area (Å²) in [6, 6.07) is 8.20. The van der Waals surface area contributed by atoms with E-state index in [1.54, 1.807) is 0 Å². The van der Waals surface area contributed by atoms with Crippen molar-refractivity contribution in [2.45, 2.75) is 32.1 Å². The molecule has 0 saturated heterocycles. The summed E-state index contributed by atoms with van der Waals surface area (Å²) in [6.07, 6.45) is 2.38. The first-order valence-electron chi connectivity index (χ1n) is 6.42. The maximum absolute atomic E-state index is 10.9. The number of hydrogen-bond acceptors (Lipinski definition) is 3. The average Bonchev–Trinajstić information content (AvgIpc) is 3.11. The summed E-state index contributed by atoms with van der Waals surface area (Å²) in [5, 5.41) is 9.94. The number of aromatic nitrogens is 1. The van der Waals surface area contributed by atoms with Crippen molar-refractivity contribution in [2.75, 3.05) is 0 Å². The molecule has 3 rings (SSSR count). The average molecular weight is 273 g/mol. The number of thiazole rings is 1. The van der Waals surface area contributed by atoms with Crippen molar-refractivity contribution in [1.82, 2.24) is 4.98 Å². The highest BCUT2D eigenvalue weighted by atomic mass is 32.1. The highest BCUT2D eigenvalue weighted by molar-refractivity contribution is 7.15. The second kappa shape index (κ2) is 4.78. The molecule has 1 N–H and O–H groups in total. The van der Waals surface area contributed by atoms with E-state index < -0.39 is 5.97 Å². The Morgan fingerprint density at radius 3 is 2.89 bits per heavy atom. The predicted octanol–water partition coefficient (Wildman–Crippen LogP) is 3.62. The first-order chi connectivity index (χ1) is 9.13. The number of rotatable bonds is 4. The van der Waals surface area contributed by atoms with Crippen LogP contribution in [0.25, 0.3) is 10.6 Å². The van der Waals surface area contributed by atoms with Gasteiger partial charge in [-0.1, -0.05) is 23.8 Å². The van der Waals surface area contributed by atoms with Crippen LogP contribution in [-0.2, 0) is 11.2 Å². The first kappa shape index (κ1) is 12.4. The first-order valence-corrected chi connectivity index (χ1v) is 7.23. The van der Waals surface area contributed by atoms with Gasteiger partial charge in [0.2, 0.25) is 0 Å². The molecule has 1 saturated carbocycles. The van der Waals surface area contributed by atoms with Crippen molar-refractivity contribution >= 4 is 17.3 Å². The van der Waals surface area contributed by atoms with E-state index in [1.807, 2.05) is 12.1 Å². The highest BCUT2D eigenvalue weighted by Crippen LogP contribution is 2.44. The summed E-state index contributed by atoms with van der Waals surface area (Å²) in [5.41, 5.74) is 3.30. The molecule has 0 radical (unpaired) electrons. The monoisotopic (exact) mass is 273 g/mol. The Hall–Kier alpha value is -1.68. The molecule has 4 heteroatoms. The predicted molar refractivity (Wildman–Crippen MR) is 75.6 cm³/mol. The number of benzene rings is 1. The summed E-state index contributed by atoms with van der Waals surface area (Å²) < 4.78 is 0. The Bertz CT molecular complexity index is 629. The molecule has 0 unspecified atom stereocenters. The third kappa shape index (κ3) is 2.68. The molecule has 1 heterocycles. The van der Waals surface area contributed by atoms with Crippen LogP contribution in [0.2, 0.25) is 0 Å².